The zero-order valence-corrected chi connectivity index (χ0v) is 19.8. The van der Waals surface area contributed by atoms with Gasteiger partial charge in [0.15, 0.2) is 23.1 Å². The summed E-state index contributed by atoms with van der Waals surface area (Å²) in [5.74, 6) is -8.34. The largest absolute Gasteiger partial charge is 0.465 e. The van der Waals surface area contributed by atoms with Crippen molar-refractivity contribution in [2.75, 3.05) is 19.1 Å². The first-order chi connectivity index (χ1) is 16.9. The number of hydrogen-bond donors (Lipinski definition) is 0. The Morgan fingerprint density at radius 3 is 2.06 bits per heavy atom. The monoisotopic (exact) mass is 577 g/mol. The van der Waals surface area contributed by atoms with Crippen LogP contribution in [0, 0.1) is 17.5 Å². The lowest BCUT2D eigenvalue weighted by Gasteiger charge is -2.26. The van der Waals surface area contributed by atoms with Crippen LogP contribution in [0.5, 0.6) is 11.5 Å². The van der Waals surface area contributed by atoms with Gasteiger partial charge in [0.05, 0.1) is 35.5 Å². The molecule has 0 bridgehead atoms. The van der Waals surface area contributed by atoms with Crippen molar-refractivity contribution in [3.63, 3.8) is 0 Å². The topological polar surface area (TPSA) is 65.1 Å². The number of esters is 2. The molecule has 0 N–H and O–H groups in total. The first-order valence-corrected chi connectivity index (χ1v) is 10.5. The van der Waals surface area contributed by atoms with Gasteiger partial charge in [0.25, 0.3) is 0 Å². The van der Waals surface area contributed by atoms with E-state index in [4.69, 9.17) is 14.2 Å². The van der Waals surface area contributed by atoms with Crippen molar-refractivity contribution in [2.24, 2.45) is 0 Å². The lowest BCUT2D eigenvalue weighted by Crippen LogP contribution is -2.27. The number of alkyl halides is 3. The number of methoxy groups -OCH3 is 2. The number of nitrogens with zero attached hydrogens (tertiary/aromatic N) is 1. The Morgan fingerprint density at radius 1 is 0.889 bits per heavy atom. The standard InChI is InChI=1S/C23H14BrF6NO5/c1-34-21(32)12-5-3-4-8-31(18(12)22(33)35-2)16-7-6-13(25)17(24)20(16)36-19-14(26)9-11(10-15(19)27)23(28,29)30/h3-10H,1-2H3. The number of halogens is 7. The quantitative estimate of drug-likeness (QED) is 0.313. The van der Waals surface area contributed by atoms with Gasteiger partial charge in [-0.3, -0.25) is 0 Å². The molecule has 6 nitrogen and oxygen atoms in total. The van der Waals surface area contributed by atoms with Gasteiger partial charge in [0, 0.05) is 6.20 Å². The molecule has 1 heterocycles. The summed E-state index contributed by atoms with van der Waals surface area (Å²) in [4.78, 5) is 26.0. The van der Waals surface area contributed by atoms with Gasteiger partial charge in [-0.25, -0.2) is 22.8 Å². The molecule has 2 aromatic rings. The van der Waals surface area contributed by atoms with Crippen molar-refractivity contribution < 1.29 is 50.1 Å². The molecule has 0 aromatic heterocycles. The number of anilines is 1. The van der Waals surface area contributed by atoms with E-state index in [1.165, 1.54) is 24.4 Å². The van der Waals surface area contributed by atoms with E-state index in [9.17, 15) is 35.9 Å². The van der Waals surface area contributed by atoms with Crippen LogP contribution in [0.3, 0.4) is 0 Å². The molecule has 36 heavy (non-hydrogen) atoms. The second kappa shape index (κ2) is 10.5. The molecule has 0 saturated carbocycles. The summed E-state index contributed by atoms with van der Waals surface area (Å²) in [7, 11) is 2.07. The molecular formula is C23H14BrF6NO5. The fraction of sp³-hybridized carbons (Fsp3) is 0.130. The molecule has 3 rings (SSSR count). The minimum Gasteiger partial charge on any atom is -0.465 e. The van der Waals surface area contributed by atoms with E-state index in [-0.39, 0.29) is 23.4 Å². The number of carbonyl (C=O) groups excluding carboxylic acids is 2. The van der Waals surface area contributed by atoms with Gasteiger partial charge in [0.2, 0.25) is 0 Å². The number of allylic oxidation sites excluding steroid dienone is 2. The van der Waals surface area contributed by atoms with Crippen LogP contribution >= 0.6 is 15.9 Å². The van der Waals surface area contributed by atoms with Crippen molar-refractivity contribution in [2.45, 2.75) is 6.18 Å². The molecule has 0 fully saturated rings. The molecule has 1 aliphatic rings. The molecule has 0 spiro atoms. The first kappa shape index (κ1) is 26.9. The molecule has 0 unspecified atom stereocenters. The molecule has 0 radical (unpaired) electrons. The Kier molecular flexibility index (Phi) is 7.82. The molecule has 2 aromatic carbocycles. The maximum Gasteiger partial charge on any atom is 0.416 e. The molecule has 0 atom stereocenters. The van der Waals surface area contributed by atoms with E-state index < -0.39 is 62.8 Å². The average molecular weight is 578 g/mol. The van der Waals surface area contributed by atoms with Gasteiger partial charge in [-0.2, -0.15) is 13.2 Å². The zero-order chi connectivity index (χ0) is 26.8. The van der Waals surface area contributed by atoms with Gasteiger partial charge >= 0.3 is 18.1 Å². The molecular weight excluding hydrogens is 564 g/mol. The third-order valence-electron chi connectivity index (χ3n) is 4.71. The molecule has 13 heteroatoms. The highest BCUT2D eigenvalue weighted by molar-refractivity contribution is 9.10. The minimum atomic E-state index is -5.04. The van der Waals surface area contributed by atoms with Gasteiger partial charge in [-0.15, -0.1) is 0 Å². The summed E-state index contributed by atoms with van der Waals surface area (Å²) in [6.45, 7) is 0. The maximum atomic E-state index is 14.5. The van der Waals surface area contributed by atoms with Crippen molar-refractivity contribution in [3.8, 4) is 11.5 Å². The SMILES string of the molecule is COC(=O)C1=C(C(=O)OC)N(c2ccc(F)c(Br)c2Oc2c(F)cc(C(F)(F)F)cc2F)C=CC=C1. The summed E-state index contributed by atoms with van der Waals surface area (Å²) in [6.07, 6.45) is 0.134. The number of ether oxygens (including phenoxy) is 3. The van der Waals surface area contributed by atoms with Crippen LogP contribution in [0.15, 0.2) is 64.4 Å². The normalized spacial score (nSPS) is 13.5. The van der Waals surface area contributed by atoms with Crippen LogP contribution in [0.4, 0.5) is 32.0 Å². The summed E-state index contributed by atoms with van der Waals surface area (Å²) in [5, 5.41) is 0. The van der Waals surface area contributed by atoms with Gasteiger partial charge < -0.3 is 19.1 Å². The third-order valence-corrected chi connectivity index (χ3v) is 5.45. The Bertz CT molecular complexity index is 1300. The summed E-state index contributed by atoms with van der Waals surface area (Å²) < 4.78 is 96.4. The molecule has 0 aliphatic carbocycles. The molecule has 0 saturated heterocycles. The van der Waals surface area contributed by atoms with Crippen LogP contribution in [-0.4, -0.2) is 26.2 Å². The van der Waals surface area contributed by atoms with Crippen molar-refractivity contribution in [1.29, 1.82) is 0 Å². The Labute approximate surface area is 208 Å². The number of hydrogen-bond acceptors (Lipinski definition) is 6. The van der Waals surface area contributed by atoms with Crippen molar-refractivity contribution in [1.82, 2.24) is 0 Å². The molecule has 190 valence electrons. The fourth-order valence-electron chi connectivity index (χ4n) is 3.08. The lowest BCUT2D eigenvalue weighted by molar-refractivity contribution is -0.139. The summed E-state index contributed by atoms with van der Waals surface area (Å²) in [5.41, 5.74) is -2.59. The average Bonchev–Trinajstić information content (AvgIpc) is 3.05. The lowest BCUT2D eigenvalue weighted by atomic mass is 10.1. The van der Waals surface area contributed by atoms with E-state index in [0.29, 0.717) is 0 Å². The van der Waals surface area contributed by atoms with E-state index in [1.54, 1.807) is 0 Å². The van der Waals surface area contributed by atoms with Gasteiger partial charge in [-0.05, 0) is 52.3 Å². The van der Waals surface area contributed by atoms with E-state index in [2.05, 4.69) is 15.9 Å². The number of benzene rings is 2. The van der Waals surface area contributed by atoms with Crippen molar-refractivity contribution >= 4 is 33.6 Å². The summed E-state index contributed by atoms with van der Waals surface area (Å²) >= 11 is 2.89. The second-order valence-electron chi connectivity index (χ2n) is 6.89. The van der Waals surface area contributed by atoms with Gasteiger partial charge in [0.1, 0.15) is 11.5 Å². The number of carbonyl (C=O) groups is 2. The smallest absolute Gasteiger partial charge is 0.416 e. The third kappa shape index (κ3) is 5.25. The first-order valence-electron chi connectivity index (χ1n) is 9.67. The van der Waals surface area contributed by atoms with E-state index >= 15 is 0 Å². The van der Waals surface area contributed by atoms with Crippen LogP contribution in [0.25, 0.3) is 0 Å². The van der Waals surface area contributed by atoms with Crippen LogP contribution in [0.2, 0.25) is 0 Å². The van der Waals surface area contributed by atoms with Crippen molar-refractivity contribution in [3.05, 3.63) is 87.5 Å². The Balaban J connectivity index is 2.25. The maximum absolute atomic E-state index is 14.5. The predicted octanol–water partition coefficient (Wildman–Crippen LogP) is 6.17. The van der Waals surface area contributed by atoms with Gasteiger partial charge in [-0.1, -0.05) is 6.08 Å². The highest BCUT2D eigenvalue weighted by Crippen LogP contribution is 2.44. The van der Waals surface area contributed by atoms with Crippen LogP contribution in [-0.2, 0) is 25.2 Å². The summed E-state index contributed by atoms with van der Waals surface area (Å²) in [6, 6.07) is 1.97. The zero-order valence-electron chi connectivity index (χ0n) is 18.3. The predicted molar refractivity (Wildman–Crippen MR) is 117 cm³/mol. The molecule has 1 aliphatic heterocycles. The highest BCUT2D eigenvalue weighted by Gasteiger charge is 2.34. The highest BCUT2D eigenvalue weighted by atomic mass is 79.9. The van der Waals surface area contributed by atoms with Crippen LogP contribution in [0.1, 0.15) is 5.56 Å². The van der Waals surface area contributed by atoms with Crippen LogP contribution < -0.4 is 9.64 Å². The minimum absolute atomic E-state index is 0.0101. The van der Waals surface area contributed by atoms with E-state index in [1.807, 2.05) is 0 Å². The second-order valence-corrected chi connectivity index (χ2v) is 7.69. The fourth-order valence-corrected chi connectivity index (χ4v) is 3.50. The molecule has 0 amide bonds. The number of rotatable bonds is 5. The Hall–Kier alpha value is -3.74. The van der Waals surface area contributed by atoms with E-state index in [0.717, 1.165) is 31.3 Å². The Morgan fingerprint density at radius 2 is 1.50 bits per heavy atom.